The Morgan fingerprint density at radius 2 is 1.47 bits per heavy atom. The lowest BCUT2D eigenvalue weighted by atomic mass is 10.1. The van der Waals surface area contributed by atoms with E-state index in [9.17, 15) is 9.59 Å². The zero-order chi connectivity index (χ0) is 22.8. The maximum Gasteiger partial charge on any atom is 0.242 e. The van der Waals surface area contributed by atoms with Crippen molar-refractivity contribution in [3.8, 4) is 0 Å². The van der Waals surface area contributed by atoms with Gasteiger partial charge in [-0.1, -0.05) is 74.5 Å². The number of carbonyl (C=O) groups is 2. The van der Waals surface area contributed by atoms with E-state index >= 15 is 0 Å². The maximum absolute atomic E-state index is 13.3. The molecular formula is C27H32N2O3. The molecule has 0 atom stereocenters. The molecule has 0 aliphatic rings. The van der Waals surface area contributed by atoms with Gasteiger partial charge in [-0.15, -0.1) is 0 Å². The van der Waals surface area contributed by atoms with Gasteiger partial charge in [0.2, 0.25) is 11.8 Å². The summed E-state index contributed by atoms with van der Waals surface area (Å²) in [6.07, 6.45) is 2.65. The summed E-state index contributed by atoms with van der Waals surface area (Å²) < 4.78 is 5.49. The molecule has 2 aromatic carbocycles. The van der Waals surface area contributed by atoms with Crippen molar-refractivity contribution < 1.29 is 14.0 Å². The fourth-order valence-electron chi connectivity index (χ4n) is 3.63. The van der Waals surface area contributed by atoms with Crippen molar-refractivity contribution in [1.29, 1.82) is 0 Å². The largest absolute Gasteiger partial charge is 0.467 e. The second-order valence-electron chi connectivity index (χ2n) is 8.46. The summed E-state index contributed by atoms with van der Waals surface area (Å²) in [4.78, 5) is 29.8. The van der Waals surface area contributed by atoms with Crippen molar-refractivity contribution in [2.24, 2.45) is 5.92 Å². The molecular weight excluding hydrogens is 400 g/mol. The van der Waals surface area contributed by atoms with Crippen LogP contribution >= 0.6 is 0 Å². The van der Waals surface area contributed by atoms with Gasteiger partial charge in [0, 0.05) is 13.1 Å². The van der Waals surface area contributed by atoms with Crippen LogP contribution in [0.25, 0.3) is 0 Å². The predicted molar refractivity (Wildman–Crippen MR) is 126 cm³/mol. The van der Waals surface area contributed by atoms with E-state index in [-0.39, 0.29) is 24.3 Å². The van der Waals surface area contributed by atoms with Gasteiger partial charge >= 0.3 is 0 Å². The number of rotatable bonds is 11. The normalized spacial score (nSPS) is 10.8. The predicted octanol–water partition coefficient (Wildman–Crippen LogP) is 4.58. The van der Waals surface area contributed by atoms with E-state index in [1.54, 1.807) is 16.1 Å². The SMILES string of the molecule is CC(C)CN(CC(=O)N(CCc1ccccc1)Cc1ccco1)C(=O)Cc1ccccc1. The minimum Gasteiger partial charge on any atom is -0.467 e. The Bertz CT molecular complexity index is 953. The Morgan fingerprint density at radius 1 is 0.812 bits per heavy atom. The summed E-state index contributed by atoms with van der Waals surface area (Å²) in [6, 6.07) is 23.5. The number of amides is 2. The molecule has 0 N–H and O–H groups in total. The molecule has 0 aliphatic carbocycles. The fourth-order valence-corrected chi connectivity index (χ4v) is 3.63. The molecule has 5 heteroatoms. The first-order valence-corrected chi connectivity index (χ1v) is 11.2. The lowest BCUT2D eigenvalue weighted by Crippen LogP contribution is -2.45. The minimum absolute atomic E-state index is 0.0285. The van der Waals surface area contributed by atoms with Crippen LogP contribution in [0.4, 0.5) is 0 Å². The van der Waals surface area contributed by atoms with Crippen LogP contribution in [-0.2, 0) is 29.0 Å². The molecule has 168 valence electrons. The smallest absolute Gasteiger partial charge is 0.242 e. The highest BCUT2D eigenvalue weighted by Gasteiger charge is 2.23. The van der Waals surface area contributed by atoms with Gasteiger partial charge in [0.05, 0.1) is 25.8 Å². The van der Waals surface area contributed by atoms with Crippen LogP contribution in [0.3, 0.4) is 0 Å². The van der Waals surface area contributed by atoms with Gasteiger partial charge < -0.3 is 14.2 Å². The summed E-state index contributed by atoms with van der Waals surface area (Å²) >= 11 is 0. The third-order valence-corrected chi connectivity index (χ3v) is 5.26. The van der Waals surface area contributed by atoms with Crippen LogP contribution in [0.15, 0.2) is 83.5 Å². The average Bonchev–Trinajstić information content (AvgIpc) is 3.30. The first-order valence-electron chi connectivity index (χ1n) is 11.2. The zero-order valence-corrected chi connectivity index (χ0v) is 18.9. The molecule has 32 heavy (non-hydrogen) atoms. The van der Waals surface area contributed by atoms with Crippen molar-refractivity contribution >= 4 is 11.8 Å². The van der Waals surface area contributed by atoms with Crippen molar-refractivity contribution in [2.75, 3.05) is 19.6 Å². The van der Waals surface area contributed by atoms with E-state index in [4.69, 9.17) is 4.42 Å². The molecule has 0 aliphatic heterocycles. The Labute approximate surface area is 190 Å². The van der Waals surface area contributed by atoms with E-state index in [1.807, 2.05) is 60.7 Å². The molecule has 3 aromatic rings. The van der Waals surface area contributed by atoms with E-state index in [0.717, 1.165) is 17.7 Å². The number of hydrogen-bond acceptors (Lipinski definition) is 3. The molecule has 0 saturated heterocycles. The Morgan fingerprint density at radius 3 is 2.06 bits per heavy atom. The first-order chi connectivity index (χ1) is 15.5. The topological polar surface area (TPSA) is 53.8 Å². The number of furan rings is 1. The molecule has 2 amide bonds. The monoisotopic (exact) mass is 432 g/mol. The summed E-state index contributed by atoms with van der Waals surface area (Å²) in [5, 5.41) is 0. The quantitative estimate of drug-likeness (QED) is 0.446. The number of nitrogens with zero attached hydrogens (tertiary/aromatic N) is 2. The summed E-state index contributed by atoms with van der Waals surface area (Å²) in [5.74, 6) is 0.904. The molecule has 5 nitrogen and oxygen atoms in total. The van der Waals surface area contributed by atoms with Gasteiger partial charge in [0.25, 0.3) is 0 Å². The van der Waals surface area contributed by atoms with Gasteiger partial charge in [-0.3, -0.25) is 9.59 Å². The summed E-state index contributed by atoms with van der Waals surface area (Å²) in [5.41, 5.74) is 2.12. The van der Waals surface area contributed by atoms with Crippen LogP contribution in [0.1, 0.15) is 30.7 Å². The second-order valence-corrected chi connectivity index (χ2v) is 8.46. The van der Waals surface area contributed by atoms with Gasteiger partial charge in [-0.2, -0.15) is 0 Å². The number of benzene rings is 2. The van der Waals surface area contributed by atoms with Gasteiger partial charge in [0.15, 0.2) is 0 Å². The summed E-state index contributed by atoms with van der Waals surface area (Å²) in [6.45, 7) is 5.68. The van der Waals surface area contributed by atoms with Crippen LogP contribution in [0, 0.1) is 5.92 Å². The van der Waals surface area contributed by atoms with Crippen molar-refractivity contribution in [1.82, 2.24) is 9.80 Å². The molecule has 1 heterocycles. The highest BCUT2D eigenvalue weighted by Crippen LogP contribution is 2.11. The summed E-state index contributed by atoms with van der Waals surface area (Å²) in [7, 11) is 0. The van der Waals surface area contributed by atoms with E-state index < -0.39 is 0 Å². The minimum atomic E-state index is -0.0700. The molecule has 0 unspecified atom stereocenters. The molecule has 0 fully saturated rings. The number of carbonyl (C=O) groups excluding carboxylic acids is 2. The Balaban J connectivity index is 1.70. The zero-order valence-electron chi connectivity index (χ0n) is 18.9. The van der Waals surface area contributed by atoms with Crippen LogP contribution in [0.2, 0.25) is 0 Å². The molecule has 0 saturated carbocycles. The van der Waals surface area contributed by atoms with E-state index in [1.165, 1.54) is 5.56 Å². The van der Waals surface area contributed by atoms with E-state index in [0.29, 0.717) is 26.1 Å². The van der Waals surface area contributed by atoms with E-state index in [2.05, 4.69) is 26.0 Å². The van der Waals surface area contributed by atoms with Crippen molar-refractivity contribution in [2.45, 2.75) is 33.2 Å². The molecule has 1 aromatic heterocycles. The first kappa shape index (κ1) is 23.3. The van der Waals surface area contributed by atoms with Crippen molar-refractivity contribution in [3.63, 3.8) is 0 Å². The Kier molecular flexibility index (Phi) is 8.67. The Hall–Kier alpha value is -3.34. The third kappa shape index (κ3) is 7.41. The molecule has 0 bridgehead atoms. The van der Waals surface area contributed by atoms with Crippen LogP contribution in [-0.4, -0.2) is 41.2 Å². The highest BCUT2D eigenvalue weighted by molar-refractivity contribution is 5.86. The average molecular weight is 433 g/mol. The van der Waals surface area contributed by atoms with Gasteiger partial charge in [-0.05, 0) is 35.6 Å². The maximum atomic E-state index is 13.3. The second kappa shape index (κ2) is 11.9. The lowest BCUT2D eigenvalue weighted by molar-refractivity contribution is -0.141. The van der Waals surface area contributed by atoms with Gasteiger partial charge in [-0.25, -0.2) is 0 Å². The highest BCUT2D eigenvalue weighted by atomic mass is 16.3. The van der Waals surface area contributed by atoms with Gasteiger partial charge in [0.1, 0.15) is 5.76 Å². The number of hydrogen-bond donors (Lipinski definition) is 0. The third-order valence-electron chi connectivity index (χ3n) is 5.26. The standard InChI is InChI=1S/C27H32N2O3/c1-22(2)19-29(26(30)18-24-12-7-4-8-13-24)21-27(31)28(20-25-14-9-17-32-25)16-15-23-10-5-3-6-11-23/h3-14,17,22H,15-16,18-21H2,1-2H3. The van der Waals surface area contributed by atoms with Crippen LogP contribution < -0.4 is 0 Å². The van der Waals surface area contributed by atoms with Crippen LogP contribution in [0.5, 0.6) is 0 Å². The lowest BCUT2D eigenvalue weighted by Gasteiger charge is -2.28. The van der Waals surface area contributed by atoms with Crippen molar-refractivity contribution in [3.05, 3.63) is 95.9 Å². The molecule has 3 rings (SSSR count). The fraction of sp³-hybridized carbons (Fsp3) is 0.333. The molecule has 0 spiro atoms. The molecule has 0 radical (unpaired) electrons.